The average molecular weight is 384 g/mol. The van der Waals surface area contributed by atoms with Crippen LogP contribution in [0.5, 0.6) is 0 Å². The van der Waals surface area contributed by atoms with Gasteiger partial charge in [-0.15, -0.1) is 0 Å². The number of rotatable bonds is 2. The van der Waals surface area contributed by atoms with Gasteiger partial charge < -0.3 is 10.2 Å². The second-order valence-electron chi connectivity index (χ2n) is 9.79. The molecule has 2 saturated heterocycles. The van der Waals surface area contributed by atoms with E-state index in [0.717, 1.165) is 47.5 Å². The lowest BCUT2D eigenvalue weighted by Crippen LogP contribution is -2.39. The number of hydrogen-bond donors (Lipinski definition) is 1. The van der Waals surface area contributed by atoms with Crippen molar-refractivity contribution in [3.8, 4) is 0 Å². The van der Waals surface area contributed by atoms with Crippen molar-refractivity contribution >= 4 is 16.9 Å². The molecule has 2 bridgehead atoms. The SMILES string of the molecule is Cc1nn(C(C)(C)C)c2nc(C(C)C)cc(C(=O)N3CCC4CCC(C3)N4)c12. The maximum Gasteiger partial charge on any atom is 0.254 e. The van der Waals surface area contributed by atoms with Crippen LogP contribution in [0.1, 0.15) is 81.5 Å². The minimum absolute atomic E-state index is 0.125. The minimum Gasteiger partial charge on any atom is -0.337 e. The Kier molecular flexibility index (Phi) is 4.73. The third-order valence-corrected chi connectivity index (χ3v) is 6.10. The smallest absolute Gasteiger partial charge is 0.254 e. The van der Waals surface area contributed by atoms with E-state index in [9.17, 15) is 4.79 Å². The Labute approximate surface area is 167 Å². The Balaban J connectivity index is 1.83. The standard InChI is InChI=1S/C22H33N5O/c1-13(2)18-11-17(19-14(3)25-27(20(19)24-18)22(4,5)6)21(28)26-10-9-15-7-8-16(12-26)23-15/h11,13,15-16,23H,7-10,12H2,1-6H3. The third-order valence-electron chi connectivity index (χ3n) is 6.10. The summed E-state index contributed by atoms with van der Waals surface area (Å²) in [4.78, 5) is 20.6. The fourth-order valence-corrected chi connectivity index (χ4v) is 4.54. The molecule has 0 radical (unpaired) electrons. The van der Waals surface area contributed by atoms with Crippen LogP contribution in [0.15, 0.2) is 6.07 Å². The fourth-order valence-electron chi connectivity index (χ4n) is 4.54. The molecule has 0 saturated carbocycles. The van der Waals surface area contributed by atoms with Gasteiger partial charge in [0, 0.05) is 30.9 Å². The molecule has 152 valence electrons. The molecule has 0 aromatic carbocycles. The summed E-state index contributed by atoms with van der Waals surface area (Å²) < 4.78 is 1.98. The Bertz CT molecular complexity index is 908. The van der Waals surface area contributed by atoms with Crippen molar-refractivity contribution in [2.45, 2.75) is 84.3 Å². The van der Waals surface area contributed by atoms with Gasteiger partial charge in [0.25, 0.3) is 5.91 Å². The molecular formula is C22H33N5O. The highest BCUT2D eigenvalue weighted by molar-refractivity contribution is 6.06. The fraction of sp³-hybridized carbons (Fsp3) is 0.682. The van der Waals surface area contributed by atoms with Crippen LogP contribution in [0.4, 0.5) is 0 Å². The predicted molar refractivity (Wildman–Crippen MR) is 112 cm³/mol. The lowest BCUT2D eigenvalue weighted by Gasteiger charge is -2.25. The van der Waals surface area contributed by atoms with Crippen molar-refractivity contribution in [1.82, 2.24) is 25.0 Å². The van der Waals surface area contributed by atoms with E-state index in [1.165, 1.54) is 12.8 Å². The number of aromatic nitrogens is 3. The van der Waals surface area contributed by atoms with Crippen molar-refractivity contribution < 1.29 is 4.79 Å². The zero-order valence-electron chi connectivity index (χ0n) is 18.0. The zero-order valence-corrected chi connectivity index (χ0v) is 18.0. The first-order valence-corrected chi connectivity index (χ1v) is 10.6. The number of hydrogen-bond acceptors (Lipinski definition) is 4. The maximum atomic E-state index is 13.7. The van der Waals surface area contributed by atoms with Gasteiger partial charge in [-0.1, -0.05) is 13.8 Å². The molecule has 0 aliphatic carbocycles. The largest absolute Gasteiger partial charge is 0.337 e. The van der Waals surface area contributed by atoms with E-state index in [4.69, 9.17) is 10.1 Å². The number of fused-ring (bicyclic) bond motifs is 3. The van der Waals surface area contributed by atoms with Crippen LogP contribution in [0.2, 0.25) is 0 Å². The molecule has 1 N–H and O–H groups in total. The number of nitrogens with zero attached hydrogens (tertiary/aromatic N) is 4. The van der Waals surface area contributed by atoms with E-state index in [2.05, 4.69) is 39.9 Å². The second kappa shape index (κ2) is 6.83. The van der Waals surface area contributed by atoms with Crippen LogP contribution in [-0.4, -0.2) is 50.7 Å². The summed E-state index contributed by atoms with van der Waals surface area (Å²) in [6.45, 7) is 14.2. The normalized spacial score (nSPS) is 22.9. The third kappa shape index (κ3) is 3.32. The van der Waals surface area contributed by atoms with Crippen LogP contribution >= 0.6 is 0 Å². The first-order valence-electron chi connectivity index (χ1n) is 10.6. The highest BCUT2D eigenvalue weighted by Gasteiger charge is 2.33. The summed E-state index contributed by atoms with van der Waals surface area (Å²) >= 11 is 0. The van der Waals surface area contributed by atoms with E-state index in [-0.39, 0.29) is 17.4 Å². The molecule has 0 spiro atoms. The van der Waals surface area contributed by atoms with E-state index in [0.29, 0.717) is 12.1 Å². The molecular weight excluding hydrogens is 350 g/mol. The molecule has 2 unspecified atom stereocenters. The quantitative estimate of drug-likeness (QED) is 0.861. The Morgan fingerprint density at radius 3 is 2.61 bits per heavy atom. The van der Waals surface area contributed by atoms with Gasteiger partial charge in [-0.25, -0.2) is 9.67 Å². The number of nitrogens with one attached hydrogen (secondary N) is 1. The van der Waals surface area contributed by atoms with Gasteiger partial charge in [0.05, 0.1) is 22.2 Å². The highest BCUT2D eigenvalue weighted by atomic mass is 16.2. The lowest BCUT2D eigenvalue weighted by molar-refractivity contribution is 0.0750. The summed E-state index contributed by atoms with van der Waals surface area (Å²) in [5.41, 5.74) is 3.23. The molecule has 6 heteroatoms. The molecule has 28 heavy (non-hydrogen) atoms. The Morgan fingerprint density at radius 1 is 1.21 bits per heavy atom. The van der Waals surface area contributed by atoms with E-state index in [1.807, 2.05) is 22.6 Å². The molecule has 2 aliphatic heterocycles. The Hall–Kier alpha value is -1.95. The second-order valence-corrected chi connectivity index (χ2v) is 9.79. The molecule has 1 amide bonds. The first-order chi connectivity index (χ1) is 13.1. The lowest BCUT2D eigenvalue weighted by atomic mass is 10.0. The molecule has 2 atom stereocenters. The van der Waals surface area contributed by atoms with Gasteiger partial charge in [-0.05, 0) is 58.9 Å². The maximum absolute atomic E-state index is 13.7. The number of pyridine rings is 1. The van der Waals surface area contributed by atoms with Crippen LogP contribution in [0.3, 0.4) is 0 Å². The molecule has 2 aromatic heterocycles. The van der Waals surface area contributed by atoms with Gasteiger partial charge >= 0.3 is 0 Å². The molecule has 6 nitrogen and oxygen atoms in total. The van der Waals surface area contributed by atoms with Crippen molar-refractivity contribution in [2.75, 3.05) is 13.1 Å². The molecule has 2 aliphatic rings. The van der Waals surface area contributed by atoms with E-state index in [1.54, 1.807) is 0 Å². The summed E-state index contributed by atoms with van der Waals surface area (Å²) in [5, 5.41) is 9.35. The summed E-state index contributed by atoms with van der Waals surface area (Å²) in [5.74, 6) is 0.376. The number of aryl methyl sites for hydroxylation is 1. The average Bonchev–Trinajstić information content (AvgIpc) is 3.13. The molecule has 4 rings (SSSR count). The van der Waals surface area contributed by atoms with Crippen molar-refractivity contribution in [1.29, 1.82) is 0 Å². The summed E-state index contributed by atoms with van der Waals surface area (Å²) in [6, 6.07) is 3.00. The van der Waals surface area contributed by atoms with Crippen LogP contribution < -0.4 is 5.32 Å². The van der Waals surface area contributed by atoms with Crippen molar-refractivity contribution in [3.63, 3.8) is 0 Å². The van der Waals surface area contributed by atoms with Gasteiger partial charge in [0.1, 0.15) is 0 Å². The highest BCUT2D eigenvalue weighted by Crippen LogP contribution is 2.30. The minimum atomic E-state index is -0.193. The summed E-state index contributed by atoms with van der Waals surface area (Å²) in [7, 11) is 0. The molecule has 2 aromatic rings. The van der Waals surface area contributed by atoms with Gasteiger partial charge in [0.2, 0.25) is 0 Å². The van der Waals surface area contributed by atoms with Gasteiger partial charge in [-0.3, -0.25) is 4.79 Å². The monoisotopic (exact) mass is 383 g/mol. The first kappa shape index (κ1) is 19.4. The van der Waals surface area contributed by atoms with Crippen molar-refractivity contribution in [3.05, 3.63) is 23.0 Å². The van der Waals surface area contributed by atoms with E-state index < -0.39 is 0 Å². The summed E-state index contributed by atoms with van der Waals surface area (Å²) in [6.07, 6.45) is 3.44. The topological polar surface area (TPSA) is 63.1 Å². The predicted octanol–water partition coefficient (Wildman–Crippen LogP) is 3.58. The number of carbonyl (C=O) groups excluding carboxylic acids is 1. The number of likely N-dealkylation sites (tertiary alicyclic amines) is 1. The van der Waals surface area contributed by atoms with Crippen LogP contribution in [0, 0.1) is 6.92 Å². The zero-order chi connectivity index (χ0) is 20.2. The molecule has 4 heterocycles. The number of amides is 1. The van der Waals surface area contributed by atoms with Crippen molar-refractivity contribution in [2.24, 2.45) is 0 Å². The van der Waals surface area contributed by atoms with Crippen LogP contribution in [-0.2, 0) is 5.54 Å². The molecule has 2 fully saturated rings. The number of carbonyl (C=O) groups is 1. The van der Waals surface area contributed by atoms with Crippen LogP contribution in [0.25, 0.3) is 11.0 Å². The van der Waals surface area contributed by atoms with Gasteiger partial charge in [-0.2, -0.15) is 5.10 Å². The van der Waals surface area contributed by atoms with Gasteiger partial charge in [0.15, 0.2) is 5.65 Å². The van der Waals surface area contributed by atoms with E-state index >= 15 is 0 Å². The Morgan fingerprint density at radius 2 is 1.93 bits per heavy atom.